The molecule has 0 unspecified atom stereocenters. The van der Waals surface area contributed by atoms with Gasteiger partial charge in [-0.05, 0) is 42.4 Å². The quantitative estimate of drug-likeness (QED) is 0.651. The molecule has 0 radical (unpaired) electrons. The van der Waals surface area contributed by atoms with E-state index in [2.05, 4.69) is 6.07 Å². The molecule has 2 aliphatic carbocycles. The van der Waals surface area contributed by atoms with Crippen LogP contribution in [0.25, 0.3) is 0 Å². The van der Waals surface area contributed by atoms with Crippen molar-refractivity contribution in [1.29, 1.82) is 15.9 Å². The molecule has 5 nitrogen and oxygen atoms in total. The molecule has 1 saturated carbocycles. The van der Waals surface area contributed by atoms with E-state index in [1.807, 2.05) is 12.1 Å². The highest BCUT2D eigenvalue weighted by atomic mass is 19.1. The van der Waals surface area contributed by atoms with Crippen LogP contribution in [0.2, 0.25) is 0 Å². The number of hydrogen-bond acceptors (Lipinski definition) is 5. The molecular weight excluding hydrogens is 333 g/mol. The Morgan fingerprint density at radius 3 is 2.73 bits per heavy atom. The topological polar surface area (TPSA) is 97.7 Å². The molecule has 0 aliphatic heterocycles. The van der Waals surface area contributed by atoms with Crippen LogP contribution in [0.3, 0.4) is 0 Å². The summed E-state index contributed by atoms with van der Waals surface area (Å²) >= 11 is 0. The molecule has 3 rings (SSSR count). The fourth-order valence-corrected chi connectivity index (χ4v) is 4.37. The Bertz CT molecular complexity index is 880. The molecule has 1 N–H and O–H groups in total. The van der Waals surface area contributed by atoms with E-state index in [1.165, 1.54) is 12.1 Å². The first-order valence-electron chi connectivity index (χ1n) is 8.45. The predicted molar refractivity (Wildman–Crippen MR) is 91.5 cm³/mol. The van der Waals surface area contributed by atoms with Gasteiger partial charge < -0.3 is 10.1 Å². The Hall–Kier alpha value is -2.99. The SMILES string of the molecule is COC(=O)[C@]1(C#N)C(=N)[C@H](C#N)C2=CCCC[C@H]2[C@H]1c1ccccc1F. The number of nitriles is 2. The summed E-state index contributed by atoms with van der Waals surface area (Å²) in [7, 11) is 1.14. The number of allylic oxidation sites excluding steroid dienone is 2. The molecule has 132 valence electrons. The van der Waals surface area contributed by atoms with Crippen molar-refractivity contribution in [2.24, 2.45) is 17.3 Å². The lowest BCUT2D eigenvalue weighted by Crippen LogP contribution is -2.54. The molecule has 4 atom stereocenters. The molecule has 0 amide bonds. The number of carbonyl (C=O) groups excluding carboxylic acids is 1. The van der Waals surface area contributed by atoms with Crippen LogP contribution in [0, 0.1) is 51.1 Å². The molecular formula is C20H18FN3O2. The van der Waals surface area contributed by atoms with Gasteiger partial charge in [-0.25, -0.2) is 9.18 Å². The molecule has 2 aliphatic rings. The summed E-state index contributed by atoms with van der Waals surface area (Å²) in [6.07, 6.45) is 4.10. The minimum Gasteiger partial charge on any atom is -0.468 e. The van der Waals surface area contributed by atoms with E-state index in [0.717, 1.165) is 20.0 Å². The fourth-order valence-electron chi connectivity index (χ4n) is 4.37. The van der Waals surface area contributed by atoms with Gasteiger partial charge in [0, 0.05) is 5.92 Å². The first kappa shape index (κ1) is 17.8. The number of fused-ring (bicyclic) bond motifs is 1. The van der Waals surface area contributed by atoms with E-state index in [4.69, 9.17) is 10.1 Å². The zero-order valence-electron chi connectivity index (χ0n) is 14.3. The van der Waals surface area contributed by atoms with E-state index in [0.29, 0.717) is 12.0 Å². The molecule has 1 aromatic rings. The second-order valence-electron chi connectivity index (χ2n) is 6.63. The maximum Gasteiger partial charge on any atom is 0.332 e. The van der Waals surface area contributed by atoms with Gasteiger partial charge in [-0.1, -0.05) is 24.3 Å². The molecule has 1 aromatic carbocycles. The van der Waals surface area contributed by atoms with Crippen molar-refractivity contribution in [1.82, 2.24) is 0 Å². The van der Waals surface area contributed by atoms with E-state index in [9.17, 15) is 19.7 Å². The van der Waals surface area contributed by atoms with Gasteiger partial charge in [0.25, 0.3) is 0 Å². The minimum absolute atomic E-state index is 0.207. The maximum absolute atomic E-state index is 14.7. The Kier molecular flexibility index (Phi) is 4.61. The summed E-state index contributed by atoms with van der Waals surface area (Å²) in [4.78, 5) is 12.7. The van der Waals surface area contributed by atoms with Gasteiger partial charge in [-0.3, -0.25) is 0 Å². The number of halogens is 1. The summed E-state index contributed by atoms with van der Waals surface area (Å²) in [5.74, 6) is -3.68. The van der Waals surface area contributed by atoms with Gasteiger partial charge in [0.05, 0.1) is 25.0 Å². The van der Waals surface area contributed by atoms with Crippen LogP contribution < -0.4 is 0 Å². The zero-order valence-corrected chi connectivity index (χ0v) is 14.3. The van der Waals surface area contributed by atoms with Crippen LogP contribution in [-0.4, -0.2) is 18.8 Å². The number of ether oxygens (including phenoxy) is 1. The first-order valence-corrected chi connectivity index (χ1v) is 8.45. The molecule has 1 fully saturated rings. The van der Waals surface area contributed by atoms with Crippen LogP contribution in [0.15, 0.2) is 35.9 Å². The van der Waals surface area contributed by atoms with Crippen molar-refractivity contribution >= 4 is 11.7 Å². The highest BCUT2D eigenvalue weighted by Crippen LogP contribution is 2.56. The Morgan fingerprint density at radius 1 is 1.38 bits per heavy atom. The van der Waals surface area contributed by atoms with Crippen molar-refractivity contribution in [3.05, 3.63) is 47.3 Å². The molecule has 0 saturated heterocycles. The Morgan fingerprint density at radius 2 is 2.12 bits per heavy atom. The third kappa shape index (κ3) is 2.34. The summed E-state index contributed by atoms with van der Waals surface area (Å²) in [5.41, 5.74) is -1.42. The predicted octanol–water partition coefficient (Wildman–Crippen LogP) is 3.49. The van der Waals surface area contributed by atoms with Crippen molar-refractivity contribution in [2.75, 3.05) is 7.11 Å². The average Bonchev–Trinajstić information content (AvgIpc) is 2.67. The van der Waals surface area contributed by atoms with Crippen LogP contribution in [-0.2, 0) is 9.53 Å². The third-order valence-electron chi connectivity index (χ3n) is 5.50. The smallest absolute Gasteiger partial charge is 0.332 e. The minimum atomic E-state index is -2.02. The van der Waals surface area contributed by atoms with E-state index in [-0.39, 0.29) is 17.2 Å². The van der Waals surface area contributed by atoms with E-state index in [1.54, 1.807) is 12.1 Å². The lowest BCUT2D eigenvalue weighted by molar-refractivity contribution is -0.148. The lowest BCUT2D eigenvalue weighted by Gasteiger charge is -2.47. The van der Waals surface area contributed by atoms with Crippen LogP contribution in [0.1, 0.15) is 30.7 Å². The average molecular weight is 351 g/mol. The summed E-state index contributed by atoms with van der Waals surface area (Å²) in [5, 5.41) is 28.2. The number of nitrogens with zero attached hydrogens (tertiary/aromatic N) is 2. The lowest BCUT2D eigenvalue weighted by atomic mass is 9.52. The summed E-state index contributed by atoms with van der Waals surface area (Å²) in [6, 6.07) is 10.0. The number of nitrogens with one attached hydrogen (secondary N) is 1. The summed E-state index contributed by atoms with van der Waals surface area (Å²) in [6.45, 7) is 0. The maximum atomic E-state index is 14.7. The number of hydrogen-bond donors (Lipinski definition) is 1. The molecule has 0 bridgehead atoms. The van der Waals surface area contributed by atoms with Gasteiger partial charge in [0.15, 0.2) is 0 Å². The second-order valence-corrected chi connectivity index (χ2v) is 6.63. The molecule has 0 aromatic heterocycles. The van der Waals surface area contributed by atoms with Gasteiger partial charge >= 0.3 is 5.97 Å². The van der Waals surface area contributed by atoms with E-state index >= 15 is 0 Å². The molecule has 0 spiro atoms. The number of benzene rings is 1. The van der Waals surface area contributed by atoms with Gasteiger partial charge in [-0.15, -0.1) is 0 Å². The number of esters is 1. The molecule has 0 heterocycles. The first-order chi connectivity index (χ1) is 12.5. The summed E-state index contributed by atoms with van der Waals surface area (Å²) < 4.78 is 19.5. The number of methoxy groups -OCH3 is 1. The van der Waals surface area contributed by atoms with Gasteiger partial charge in [-0.2, -0.15) is 10.5 Å². The number of carbonyl (C=O) groups is 1. The normalized spacial score (nSPS) is 30.4. The Labute approximate surface area is 151 Å². The Balaban J connectivity index is 2.33. The van der Waals surface area contributed by atoms with Crippen molar-refractivity contribution in [3.8, 4) is 12.1 Å². The second kappa shape index (κ2) is 6.72. The monoisotopic (exact) mass is 351 g/mol. The highest BCUT2D eigenvalue weighted by Gasteiger charge is 2.62. The van der Waals surface area contributed by atoms with E-state index < -0.39 is 29.0 Å². The van der Waals surface area contributed by atoms with Crippen LogP contribution in [0.5, 0.6) is 0 Å². The molecule has 6 heteroatoms. The molecule has 26 heavy (non-hydrogen) atoms. The third-order valence-corrected chi connectivity index (χ3v) is 5.50. The standard InChI is InChI=1S/C20H18FN3O2/c1-26-19(25)20(11-23)17(14-8-4-5-9-16(14)21)13-7-3-2-6-12(13)15(10-22)18(20)24/h4-6,8-9,13,15,17,24H,2-3,7H2,1H3/t13-,15-,17+,20+/m1/s1. The largest absolute Gasteiger partial charge is 0.468 e. The van der Waals surface area contributed by atoms with Crippen molar-refractivity contribution < 1.29 is 13.9 Å². The van der Waals surface area contributed by atoms with Crippen molar-refractivity contribution in [2.45, 2.75) is 25.2 Å². The highest BCUT2D eigenvalue weighted by molar-refractivity contribution is 6.13. The van der Waals surface area contributed by atoms with Crippen LogP contribution >= 0.6 is 0 Å². The van der Waals surface area contributed by atoms with Gasteiger partial charge in [0.2, 0.25) is 5.41 Å². The zero-order chi connectivity index (χ0) is 18.9. The van der Waals surface area contributed by atoms with Crippen molar-refractivity contribution in [3.63, 3.8) is 0 Å². The van der Waals surface area contributed by atoms with Gasteiger partial charge in [0.1, 0.15) is 11.7 Å². The van der Waals surface area contributed by atoms with Crippen LogP contribution in [0.4, 0.5) is 4.39 Å². The number of rotatable bonds is 2. The fraction of sp³-hybridized carbons (Fsp3) is 0.400.